The van der Waals surface area contributed by atoms with Crippen molar-refractivity contribution in [1.82, 2.24) is 0 Å². The van der Waals surface area contributed by atoms with E-state index in [1.165, 1.54) is 13.0 Å². The van der Waals surface area contributed by atoms with Crippen molar-refractivity contribution < 1.29 is 18.3 Å². The number of carbonyl (C=O) groups excluding carboxylic acids is 1. The monoisotopic (exact) mass is 389 g/mol. The molecule has 0 fully saturated rings. The Morgan fingerprint density at radius 3 is 2.50 bits per heavy atom. The number of rotatable bonds is 4. The van der Waals surface area contributed by atoms with E-state index >= 15 is 0 Å². The first-order valence-electron chi connectivity index (χ1n) is 6.25. The molecule has 1 amide bonds. The third-order valence-corrected chi connectivity index (χ3v) is 3.63. The Labute approximate surface area is 139 Å². The van der Waals surface area contributed by atoms with Gasteiger partial charge in [0.2, 0.25) is 0 Å². The molecule has 0 aliphatic rings. The molecule has 1 N–H and O–H groups in total. The lowest BCUT2D eigenvalue weighted by molar-refractivity contribution is -0.122. The van der Waals surface area contributed by atoms with E-state index in [4.69, 9.17) is 16.3 Å². The van der Waals surface area contributed by atoms with Crippen LogP contribution in [0.4, 0.5) is 14.5 Å². The summed E-state index contributed by atoms with van der Waals surface area (Å²) < 4.78 is 33.0. The second kappa shape index (κ2) is 7.07. The summed E-state index contributed by atoms with van der Waals surface area (Å²) in [5.74, 6) is -1.99. The van der Waals surface area contributed by atoms with E-state index in [-0.39, 0.29) is 0 Å². The summed E-state index contributed by atoms with van der Waals surface area (Å²) in [6.07, 6.45) is -0.962. The number of carbonyl (C=O) groups is 1. The molecular formula is C15H11BrClF2NO2. The second-order valence-corrected chi connectivity index (χ2v) is 5.71. The normalized spacial score (nSPS) is 11.9. The van der Waals surface area contributed by atoms with Crippen LogP contribution in [0, 0.1) is 11.6 Å². The van der Waals surface area contributed by atoms with Gasteiger partial charge >= 0.3 is 0 Å². The highest BCUT2D eigenvalue weighted by Gasteiger charge is 2.19. The van der Waals surface area contributed by atoms with Crippen molar-refractivity contribution in [3.8, 4) is 5.75 Å². The summed E-state index contributed by atoms with van der Waals surface area (Å²) in [4.78, 5) is 12.0. The third-order valence-electron chi connectivity index (χ3n) is 2.78. The van der Waals surface area contributed by atoms with Crippen molar-refractivity contribution in [2.24, 2.45) is 0 Å². The van der Waals surface area contributed by atoms with Crippen molar-refractivity contribution in [2.45, 2.75) is 13.0 Å². The van der Waals surface area contributed by atoms with Gasteiger partial charge in [-0.3, -0.25) is 4.79 Å². The topological polar surface area (TPSA) is 38.3 Å². The lowest BCUT2D eigenvalue weighted by Crippen LogP contribution is -2.31. The zero-order valence-corrected chi connectivity index (χ0v) is 13.7. The minimum absolute atomic E-state index is 0.390. The Bertz CT molecular complexity index is 692. The largest absolute Gasteiger partial charge is 0.480 e. The number of amides is 1. The zero-order valence-electron chi connectivity index (χ0n) is 11.4. The summed E-state index contributed by atoms with van der Waals surface area (Å²) in [6.45, 7) is 1.47. The molecule has 2 aromatic carbocycles. The standard InChI is InChI=1S/C15H11BrClF2NO2/c1-8(22-13-6-5-9(17)7-10(13)16)15(21)20-14-11(18)3-2-4-12(14)19/h2-8H,1H3,(H,20,21). The van der Waals surface area contributed by atoms with Crippen LogP contribution in [0.2, 0.25) is 5.02 Å². The SMILES string of the molecule is CC(Oc1ccc(Cl)cc1Br)C(=O)Nc1c(F)cccc1F. The number of halogens is 4. The quantitative estimate of drug-likeness (QED) is 0.815. The van der Waals surface area contributed by atoms with Crippen molar-refractivity contribution in [3.05, 3.63) is 57.5 Å². The molecule has 7 heteroatoms. The Hall–Kier alpha value is -1.66. The average molecular weight is 391 g/mol. The molecule has 0 bridgehead atoms. The molecule has 0 saturated heterocycles. The molecule has 1 unspecified atom stereocenters. The summed E-state index contributed by atoms with van der Waals surface area (Å²) >= 11 is 9.06. The lowest BCUT2D eigenvalue weighted by Gasteiger charge is -2.16. The Morgan fingerprint density at radius 2 is 1.91 bits per heavy atom. The van der Waals surface area contributed by atoms with Gasteiger partial charge in [0, 0.05) is 5.02 Å². The van der Waals surface area contributed by atoms with Crippen molar-refractivity contribution >= 4 is 39.1 Å². The first kappa shape index (κ1) is 16.7. The van der Waals surface area contributed by atoms with Crippen LogP contribution >= 0.6 is 27.5 Å². The van der Waals surface area contributed by atoms with Gasteiger partial charge in [-0.05, 0) is 53.2 Å². The Balaban J connectivity index is 2.09. The highest BCUT2D eigenvalue weighted by Crippen LogP contribution is 2.29. The lowest BCUT2D eigenvalue weighted by atomic mass is 10.2. The maximum atomic E-state index is 13.5. The molecule has 3 nitrogen and oxygen atoms in total. The number of ether oxygens (including phenoxy) is 1. The van der Waals surface area contributed by atoms with E-state index in [2.05, 4.69) is 21.2 Å². The highest BCUT2D eigenvalue weighted by atomic mass is 79.9. The van der Waals surface area contributed by atoms with Gasteiger partial charge in [-0.15, -0.1) is 0 Å². The van der Waals surface area contributed by atoms with Crippen molar-refractivity contribution in [1.29, 1.82) is 0 Å². The second-order valence-electron chi connectivity index (χ2n) is 4.42. The van der Waals surface area contributed by atoms with Gasteiger partial charge in [-0.25, -0.2) is 8.78 Å². The predicted molar refractivity (Wildman–Crippen MR) is 84.2 cm³/mol. The van der Waals surface area contributed by atoms with E-state index in [0.29, 0.717) is 15.2 Å². The number of hydrogen-bond donors (Lipinski definition) is 1. The molecular weight excluding hydrogens is 380 g/mol. The number of hydrogen-bond acceptors (Lipinski definition) is 2. The molecule has 1 atom stereocenters. The van der Waals surface area contributed by atoms with Crippen LogP contribution < -0.4 is 10.1 Å². The number of benzene rings is 2. The van der Waals surface area contributed by atoms with Gasteiger partial charge in [0.15, 0.2) is 6.10 Å². The molecule has 0 saturated carbocycles. The molecule has 116 valence electrons. The molecule has 0 aliphatic heterocycles. The van der Waals surface area contributed by atoms with Gasteiger partial charge in [0.05, 0.1) is 4.47 Å². The van der Waals surface area contributed by atoms with Gasteiger partial charge in [-0.1, -0.05) is 17.7 Å². The minimum Gasteiger partial charge on any atom is -0.480 e. The van der Waals surface area contributed by atoms with Gasteiger partial charge < -0.3 is 10.1 Å². The Kier molecular flexibility index (Phi) is 5.37. The number of nitrogens with one attached hydrogen (secondary N) is 1. The van der Waals surface area contributed by atoms with Crippen LogP contribution in [0.1, 0.15) is 6.92 Å². The van der Waals surface area contributed by atoms with Crippen LogP contribution in [-0.2, 0) is 4.79 Å². The fraction of sp³-hybridized carbons (Fsp3) is 0.133. The molecule has 2 aromatic rings. The first-order chi connectivity index (χ1) is 10.4. The molecule has 22 heavy (non-hydrogen) atoms. The van der Waals surface area contributed by atoms with E-state index in [1.807, 2.05) is 0 Å². The molecule has 2 rings (SSSR count). The number of anilines is 1. The van der Waals surface area contributed by atoms with Gasteiger partial charge in [-0.2, -0.15) is 0 Å². The first-order valence-corrected chi connectivity index (χ1v) is 7.42. The summed E-state index contributed by atoms with van der Waals surface area (Å²) in [6, 6.07) is 8.12. The van der Waals surface area contributed by atoms with E-state index in [1.54, 1.807) is 18.2 Å². The summed E-state index contributed by atoms with van der Waals surface area (Å²) in [7, 11) is 0. The molecule has 0 radical (unpaired) electrons. The fourth-order valence-corrected chi connectivity index (χ4v) is 2.43. The smallest absolute Gasteiger partial charge is 0.265 e. The average Bonchev–Trinajstić information content (AvgIpc) is 2.45. The van der Waals surface area contributed by atoms with Gasteiger partial charge in [0.1, 0.15) is 23.1 Å². The number of para-hydroxylation sites is 1. The van der Waals surface area contributed by atoms with Gasteiger partial charge in [0.25, 0.3) is 5.91 Å². The zero-order chi connectivity index (χ0) is 16.3. The van der Waals surface area contributed by atoms with Crippen molar-refractivity contribution in [2.75, 3.05) is 5.32 Å². The van der Waals surface area contributed by atoms with Crippen molar-refractivity contribution in [3.63, 3.8) is 0 Å². The minimum atomic E-state index is -0.962. The maximum Gasteiger partial charge on any atom is 0.265 e. The maximum absolute atomic E-state index is 13.5. The predicted octanol–water partition coefficient (Wildman–Crippen LogP) is 4.79. The highest BCUT2D eigenvalue weighted by molar-refractivity contribution is 9.10. The van der Waals surface area contributed by atoms with E-state index in [9.17, 15) is 13.6 Å². The van der Waals surface area contributed by atoms with E-state index in [0.717, 1.165) is 12.1 Å². The van der Waals surface area contributed by atoms with Crippen LogP contribution in [0.25, 0.3) is 0 Å². The molecule has 0 spiro atoms. The van der Waals surface area contributed by atoms with Crippen LogP contribution in [0.15, 0.2) is 40.9 Å². The van der Waals surface area contributed by atoms with E-state index < -0.39 is 29.3 Å². The summed E-state index contributed by atoms with van der Waals surface area (Å²) in [5.41, 5.74) is -0.502. The van der Waals surface area contributed by atoms with Crippen LogP contribution in [0.5, 0.6) is 5.75 Å². The fourth-order valence-electron chi connectivity index (χ4n) is 1.66. The van der Waals surface area contributed by atoms with Crippen LogP contribution in [-0.4, -0.2) is 12.0 Å². The Morgan fingerprint density at radius 1 is 1.27 bits per heavy atom. The molecule has 0 heterocycles. The summed E-state index contributed by atoms with van der Waals surface area (Å²) in [5, 5.41) is 2.68. The van der Waals surface area contributed by atoms with Crippen LogP contribution in [0.3, 0.4) is 0 Å². The third kappa shape index (κ3) is 3.96. The molecule has 0 aliphatic carbocycles. The molecule has 0 aromatic heterocycles.